The molecular weight excluding hydrogens is 250 g/mol. The Morgan fingerprint density at radius 1 is 1.05 bits per heavy atom. The van der Waals surface area contributed by atoms with Crippen molar-refractivity contribution in [2.75, 3.05) is 18.5 Å². The Kier molecular flexibility index (Phi) is 9.37. The molecule has 20 heavy (non-hydrogen) atoms. The number of ether oxygens (including phenoxy) is 1. The highest BCUT2D eigenvalue weighted by atomic mass is 16.5. The van der Waals surface area contributed by atoms with Crippen molar-refractivity contribution in [2.24, 2.45) is 0 Å². The van der Waals surface area contributed by atoms with Crippen molar-refractivity contribution < 1.29 is 9.53 Å². The lowest BCUT2D eigenvalue weighted by atomic mass is 10.2. The fourth-order valence-electron chi connectivity index (χ4n) is 1.99. The summed E-state index contributed by atoms with van der Waals surface area (Å²) in [5.41, 5.74) is 1.09. The quantitative estimate of drug-likeness (QED) is 0.481. The van der Waals surface area contributed by atoms with Crippen LogP contribution in [-0.4, -0.2) is 19.1 Å². The van der Waals surface area contributed by atoms with Gasteiger partial charge in [0.25, 0.3) is 0 Å². The normalized spacial score (nSPS) is 10.2. The van der Waals surface area contributed by atoms with E-state index in [1.165, 1.54) is 19.3 Å². The molecule has 0 aliphatic heterocycles. The molecular formula is C17H27NO2. The summed E-state index contributed by atoms with van der Waals surface area (Å²) in [4.78, 5) is 11.5. The second kappa shape index (κ2) is 11.3. The van der Waals surface area contributed by atoms with Crippen LogP contribution in [0.3, 0.4) is 0 Å². The van der Waals surface area contributed by atoms with Gasteiger partial charge in [0.1, 0.15) is 0 Å². The summed E-state index contributed by atoms with van der Waals surface area (Å²) >= 11 is 0. The van der Waals surface area contributed by atoms with Gasteiger partial charge in [0, 0.05) is 18.7 Å². The Morgan fingerprint density at radius 2 is 1.80 bits per heavy atom. The summed E-state index contributed by atoms with van der Waals surface area (Å²) in [6, 6.07) is 10.0. The van der Waals surface area contributed by atoms with Crippen molar-refractivity contribution in [1.29, 1.82) is 0 Å². The summed E-state index contributed by atoms with van der Waals surface area (Å²) in [5, 5.41) is 3.28. The van der Waals surface area contributed by atoms with Crippen LogP contribution < -0.4 is 5.32 Å². The molecule has 0 radical (unpaired) electrons. The molecule has 0 saturated heterocycles. The molecule has 0 bridgehead atoms. The zero-order valence-corrected chi connectivity index (χ0v) is 12.6. The van der Waals surface area contributed by atoms with Gasteiger partial charge in [0.15, 0.2) is 0 Å². The monoisotopic (exact) mass is 277 g/mol. The fourth-order valence-corrected chi connectivity index (χ4v) is 1.99. The second-order valence-corrected chi connectivity index (χ2v) is 5.03. The summed E-state index contributed by atoms with van der Waals surface area (Å²) in [5.74, 6) is -0.0737. The van der Waals surface area contributed by atoms with Gasteiger partial charge < -0.3 is 10.1 Å². The highest BCUT2D eigenvalue weighted by molar-refractivity contribution is 5.69. The maximum atomic E-state index is 11.5. The summed E-state index contributed by atoms with van der Waals surface area (Å²) in [6.07, 6.45) is 7.23. The van der Waals surface area contributed by atoms with E-state index < -0.39 is 0 Å². The lowest BCUT2D eigenvalue weighted by Gasteiger charge is -2.06. The predicted octanol–water partition coefficient (Wildman–Crippen LogP) is 4.39. The van der Waals surface area contributed by atoms with Crippen molar-refractivity contribution in [2.45, 2.75) is 51.9 Å². The average Bonchev–Trinajstić information content (AvgIpc) is 2.48. The average molecular weight is 277 g/mol. The molecule has 0 atom stereocenters. The van der Waals surface area contributed by atoms with Crippen LogP contribution in [-0.2, 0) is 9.53 Å². The first-order valence-electron chi connectivity index (χ1n) is 7.77. The molecule has 0 heterocycles. The lowest BCUT2D eigenvalue weighted by Crippen LogP contribution is -2.09. The number of hydrogen-bond donors (Lipinski definition) is 1. The van der Waals surface area contributed by atoms with Gasteiger partial charge in [-0.25, -0.2) is 0 Å². The summed E-state index contributed by atoms with van der Waals surface area (Å²) in [7, 11) is 0. The van der Waals surface area contributed by atoms with Gasteiger partial charge in [-0.3, -0.25) is 4.79 Å². The molecule has 0 aliphatic rings. The van der Waals surface area contributed by atoms with Gasteiger partial charge >= 0.3 is 5.97 Å². The van der Waals surface area contributed by atoms with E-state index in [-0.39, 0.29) is 5.97 Å². The van der Waals surface area contributed by atoms with E-state index in [1.807, 2.05) is 30.3 Å². The molecule has 3 heteroatoms. The van der Waals surface area contributed by atoms with Crippen LogP contribution in [0.5, 0.6) is 0 Å². The van der Waals surface area contributed by atoms with E-state index in [9.17, 15) is 4.79 Å². The van der Waals surface area contributed by atoms with Crippen molar-refractivity contribution in [3.63, 3.8) is 0 Å². The second-order valence-electron chi connectivity index (χ2n) is 5.03. The number of benzene rings is 1. The molecule has 1 rings (SSSR count). The number of carbonyl (C=O) groups excluding carboxylic acids is 1. The zero-order valence-electron chi connectivity index (χ0n) is 12.6. The van der Waals surface area contributed by atoms with E-state index in [4.69, 9.17) is 4.74 Å². The Labute approximate surface area is 122 Å². The van der Waals surface area contributed by atoms with Gasteiger partial charge in [-0.15, -0.1) is 0 Å². The first-order valence-corrected chi connectivity index (χ1v) is 7.77. The molecule has 1 aromatic rings. The number of para-hydroxylation sites is 1. The van der Waals surface area contributed by atoms with Gasteiger partial charge in [0.05, 0.1) is 6.61 Å². The third kappa shape index (κ3) is 8.57. The number of esters is 1. The molecule has 1 N–H and O–H groups in total. The molecule has 0 aromatic heterocycles. The number of unbranched alkanes of at least 4 members (excludes halogenated alkanes) is 4. The minimum absolute atomic E-state index is 0.0737. The maximum absolute atomic E-state index is 11.5. The minimum atomic E-state index is -0.0737. The van der Waals surface area contributed by atoms with Crippen LogP contribution >= 0.6 is 0 Å². The van der Waals surface area contributed by atoms with Crippen molar-refractivity contribution in [1.82, 2.24) is 0 Å². The van der Waals surface area contributed by atoms with E-state index in [0.717, 1.165) is 31.5 Å². The molecule has 0 aliphatic carbocycles. The van der Waals surface area contributed by atoms with Crippen LogP contribution in [0.25, 0.3) is 0 Å². The molecule has 3 nitrogen and oxygen atoms in total. The van der Waals surface area contributed by atoms with Crippen LogP contribution in [0.15, 0.2) is 30.3 Å². The smallest absolute Gasteiger partial charge is 0.305 e. The summed E-state index contributed by atoms with van der Waals surface area (Å²) < 4.78 is 5.21. The van der Waals surface area contributed by atoms with E-state index in [2.05, 4.69) is 12.2 Å². The molecule has 0 unspecified atom stereocenters. The van der Waals surface area contributed by atoms with Crippen LogP contribution in [0.4, 0.5) is 5.69 Å². The van der Waals surface area contributed by atoms with Crippen molar-refractivity contribution in [3.05, 3.63) is 30.3 Å². The number of carbonyl (C=O) groups is 1. The fraction of sp³-hybridized carbons (Fsp3) is 0.588. The van der Waals surface area contributed by atoms with Crippen LogP contribution in [0, 0.1) is 0 Å². The van der Waals surface area contributed by atoms with Gasteiger partial charge in [-0.2, -0.15) is 0 Å². The van der Waals surface area contributed by atoms with Gasteiger partial charge in [-0.05, 0) is 25.0 Å². The molecule has 112 valence electrons. The van der Waals surface area contributed by atoms with Crippen molar-refractivity contribution in [3.8, 4) is 0 Å². The highest BCUT2D eigenvalue weighted by Crippen LogP contribution is 2.06. The lowest BCUT2D eigenvalue weighted by molar-refractivity contribution is -0.143. The third-order valence-corrected chi connectivity index (χ3v) is 3.17. The van der Waals surface area contributed by atoms with Crippen LogP contribution in [0.1, 0.15) is 51.9 Å². The topological polar surface area (TPSA) is 38.3 Å². The first-order chi connectivity index (χ1) is 9.83. The minimum Gasteiger partial charge on any atom is -0.466 e. The predicted molar refractivity (Wildman–Crippen MR) is 83.9 cm³/mol. The number of rotatable bonds is 11. The van der Waals surface area contributed by atoms with Gasteiger partial charge in [0.2, 0.25) is 0 Å². The Hall–Kier alpha value is -1.51. The third-order valence-electron chi connectivity index (χ3n) is 3.17. The first kappa shape index (κ1) is 16.5. The van der Waals surface area contributed by atoms with Crippen molar-refractivity contribution >= 4 is 11.7 Å². The molecule has 0 saturated carbocycles. The number of nitrogens with one attached hydrogen (secondary N) is 1. The standard InChI is InChI=1S/C17H27NO2/c1-2-3-4-5-9-15-20-17(19)13-10-14-18-16-11-7-6-8-12-16/h6-8,11-12,18H,2-5,9-10,13-15H2,1H3. The Morgan fingerprint density at radius 3 is 2.55 bits per heavy atom. The molecule has 0 fully saturated rings. The zero-order chi connectivity index (χ0) is 14.5. The Bertz CT molecular complexity index is 351. The largest absolute Gasteiger partial charge is 0.466 e. The Balaban J connectivity index is 1.92. The molecule has 0 spiro atoms. The van der Waals surface area contributed by atoms with Gasteiger partial charge in [-0.1, -0.05) is 50.8 Å². The number of hydrogen-bond acceptors (Lipinski definition) is 3. The van der Waals surface area contributed by atoms with E-state index in [1.54, 1.807) is 0 Å². The summed E-state index contributed by atoms with van der Waals surface area (Å²) in [6.45, 7) is 3.58. The van der Waals surface area contributed by atoms with E-state index >= 15 is 0 Å². The molecule has 1 aromatic carbocycles. The van der Waals surface area contributed by atoms with Crippen LogP contribution in [0.2, 0.25) is 0 Å². The van der Waals surface area contributed by atoms with E-state index in [0.29, 0.717) is 13.0 Å². The number of anilines is 1. The molecule has 0 amide bonds. The SMILES string of the molecule is CCCCCCCOC(=O)CCCNc1ccccc1. The highest BCUT2D eigenvalue weighted by Gasteiger charge is 2.02. The maximum Gasteiger partial charge on any atom is 0.305 e.